The molecule has 4 nitrogen and oxygen atoms in total. The summed E-state index contributed by atoms with van der Waals surface area (Å²) >= 11 is 0. The fourth-order valence-corrected chi connectivity index (χ4v) is 1.48. The number of carbonyl (C=O) groups excluding carboxylic acids is 1. The molecule has 0 aromatic rings. The summed E-state index contributed by atoms with van der Waals surface area (Å²) in [5, 5.41) is 10.9. The third-order valence-corrected chi connectivity index (χ3v) is 2.35. The zero-order chi connectivity index (χ0) is 12.6. The van der Waals surface area contributed by atoms with Crippen molar-refractivity contribution in [1.29, 1.82) is 0 Å². The summed E-state index contributed by atoms with van der Waals surface area (Å²) in [4.78, 5) is 8.67. The number of rotatable bonds is 9. The van der Waals surface area contributed by atoms with Gasteiger partial charge in [0.05, 0.1) is 13.6 Å². The lowest BCUT2D eigenvalue weighted by Crippen LogP contribution is -2.79. The fraction of sp³-hybridized carbons (Fsp3) is 0.917. The highest BCUT2D eigenvalue weighted by Gasteiger charge is 1.90. The van der Waals surface area contributed by atoms with Crippen molar-refractivity contribution in [2.45, 2.75) is 58.3 Å². The van der Waals surface area contributed by atoms with Crippen LogP contribution in [-0.2, 0) is 0 Å². The first-order chi connectivity index (χ1) is 7.65. The van der Waals surface area contributed by atoms with Crippen LogP contribution in [0.2, 0.25) is 0 Å². The van der Waals surface area contributed by atoms with Crippen LogP contribution < -0.4 is 16.2 Å². The molecule has 4 N–H and O–H groups in total. The van der Waals surface area contributed by atoms with E-state index in [-0.39, 0.29) is 0 Å². The molecule has 0 heterocycles. The number of primary amides is 1. The van der Waals surface area contributed by atoms with E-state index >= 15 is 0 Å². The minimum Gasteiger partial charge on any atom is -0.530 e. The molecule has 0 radical (unpaired) electrons. The number of unbranched alkanes of at least 4 members (excludes halogenated alkanes) is 7. The van der Waals surface area contributed by atoms with Crippen molar-refractivity contribution in [3.63, 3.8) is 0 Å². The van der Waals surface area contributed by atoms with Gasteiger partial charge in [-0.15, -0.1) is 0 Å². The van der Waals surface area contributed by atoms with Crippen LogP contribution >= 0.6 is 0 Å². The topological polar surface area (TPSA) is 82.8 Å². The van der Waals surface area contributed by atoms with Crippen LogP contribution in [0.3, 0.4) is 0 Å². The molecule has 0 bridgehead atoms. The van der Waals surface area contributed by atoms with Gasteiger partial charge < -0.3 is 21.0 Å². The van der Waals surface area contributed by atoms with Crippen molar-refractivity contribution in [2.75, 3.05) is 13.6 Å². The molecular weight excluding hydrogens is 204 g/mol. The van der Waals surface area contributed by atoms with Gasteiger partial charge in [0.1, 0.15) is 6.09 Å². The van der Waals surface area contributed by atoms with Gasteiger partial charge in [-0.2, -0.15) is 0 Å². The van der Waals surface area contributed by atoms with Gasteiger partial charge in [0.15, 0.2) is 0 Å². The van der Waals surface area contributed by atoms with E-state index in [1.54, 1.807) is 0 Å². The van der Waals surface area contributed by atoms with Crippen LogP contribution in [0, 0.1) is 0 Å². The summed E-state index contributed by atoms with van der Waals surface area (Å²) in [5.41, 5.74) is 3.92. The molecule has 0 unspecified atom stereocenters. The van der Waals surface area contributed by atoms with E-state index in [1.807, 2.05) is 0 Å². The lowest BCUT2D eigenvalue weighted by Gasteiger charge is -1.99. The molecule has 0 aliphatic heterocycles. The van der Waals surface area contributed by atoms with Crippen LogP contribution in [0.1, 0.15) is 58.3 Å². The van der Waals surface area contributed by atoms with Gasteiger partial charge in [0, 0.05) is 0 Å². The zero-order valence-electron chi connectivity index (χ0n) is 10.8. The average Bonchev–Trinajstić information content (AvgIpc) is 2.21. The molecular formula is C12H28N2O2. The normalized spacial score (nSPS) is 9.38. The van der Waals surface area contributed by atoms with E-state index in [4.69, 9.17) is 9.90 Å². The smallest absolute Gasteiger partial charge is 0.131 e. The highest BCUT2D eigenvalue weighted by atomic mass is 16.4. The van der Waals surface area contributed by atoms with Gasteiger partial charge in [0.25, 0.3) is 0 Å². The van der Waals surface area contributed by atoms with E-state index in [2.05, 4.69) is 25.0 Å². The molecule has 1 amide bonds. The Morgan fingerprint density at radius 3 is 1.81 bits per heavy atom. The van der Waals surface area contributed by atoms with E-state index in [0.29, 0.717) is 0 Å². The maximum Gasteiger partial charge on any atom is 0.131 e. The number of amides is 1. The van der Waals surface area contributed by atoms with Gasteiger partial charge in [-0.1, -0.05) is 45.4 Å². The summed E-state index contributed by atoms with van der Waals surface area (Å²) in [6.07, 6.45) is 9.90. The van der Waals surface area contributed by atoms with Crippen molar-refractivity contribution < 1.29 is 15.2 Å². The van der Waals surface area contributed by atoms with Crippen LogP contribution in [0.5, 0.6) is 0 Å². The van der Waals surface area contributed by atoms with Crippen molar-refractivity contribution in [3.8, 4) is 0 Å². The molecule has 0 saturated carbocycles. The number of carbonyl (C=O) groups is 1. The Balaban J connectivity index is 0. The quantitative estimate of drug-likeness (QED) is 0.571. The predicted octanol–water partition coefficient (Wildman–Crippen LogP) is 0.609. The summed E-state index contributed by atoms with van der Waals surface area (Å²) in [7, 11) is 2.15. The molecule has 0 aliphatic rings. The van der Waals surface area contributed by atoms with Crippen LogP contribution in [-0.4, -0.2) is 19.7 Å². The fourth-order valence-electron chi connectivity index (χ4n) is 1.48. The molecule has 0 spiro atoms. The highest BCUT2D eigenvalue weighted by molar-refractivity contribution is 5.58. The molecule has 0 aromatic carbocycles. The molecule has 0 atom stereocenters. The second-order valence-corrected chi connectivity index (χ2v) is 3.99. The summed E-state index contributed by atoms with van der Waals surface area (Å²) in [5.74, 6) is 0. The number of carboxylic acid groups (broad SMARTS) is 1. The predicted molar refractivity (Wildman–Crippen MR) is 64.9 cm³/mol. The maximum atomic E-state index is 8.67. The first-order valence-electron chi connectivity index (χ1n) is 6.39. The van der Waals surface area contributed by atoms with Gasteiger partial charge in [-0.05, 0) is 12.8 Å². The van der Waals surface area contributed by atoms with Crippen LogP contribution in [0.25, 0.3) is 0 Å². The second kappa shape index (κ2) is 16.7. The van der Waals surface area contributed by atoms with E-state index < -0.39 is 6.09 Å². The van der Waals surface area contributed by atoms with Crippen LogP contribution in [0.15, 0.2) is 0 Å². The monoisotopic (exact) mass is 232 g/mol. The minimum atomic E-state index is -1.58. The van der Waals surface area contributed by atoms with Crippen molar-refractivity contribution >= 4 is 6.09 Å². The Hall–Kier alpha value is -0.770. The Morgan fingerprint density at radius 1 is 1.06 bits per heavy atom. The Labute approximate surface area is 99.6 Å². The van der Waals surface area contributed by atoms with Gasteiger partial charge in [0.2, 0.25) is 0 Å². The first-order valence-corrected chi connectivity index (χ1v) is 6.39. The van der Waals surface area contributed by atoms with Crippen molar-refractivity contribution in [3.05, 3.63) is 0 Å². The second-order valence-electron chi connectivity index (χ2n) is 3.99. The molecule has 4 heteroatoms. The lowest BCUT2D eigenvalue weighted by atomic mass is 10.1. The Morgan fingerprint density at radius 2 is 1.44 bits per heavy atom. The number of hydrogen-bond donors (Lipinski definition) is 2. The molecule has 0 fully saturated rings. The minimum absolute atomic E-state index is 1.31. The van der Waals surface area contributed by atoms with Gasteiger partial charge >= 0.3 is 0 Å². The summed E-state index contributed by atoms with van der Waals surface area (Å²) < 4.78 is 0. The molecule has 98 valence electrons. The molecule has 0 saturated heterocycles. The van der Waals surface area contributed by atoms with Gasteiger partial charge in [-0.25, -0.2) is 0 Å². The zero-order valence-corrected chi connectivity index (χ0v) is 10.8. The first kappa shape index (κ1) is 17.6. The molecule has 0 aromatic heterocycles. The number of nitrogens with two attached hydrogens (primary N) is 2. The standard InChI is InChI=1S/C11H25N.CH3NO2/c1-3-4-5-6-7-8-9-10-11-12-2;2-1(3)4/h12H,3-11H2,1-2H3;2H2,(H,3,4). The highest BCUT2D eigenvalue weighted by Crippen LogP contribution is 2.07. The van der Waals surface area contributed by atoms with E-state index in [0.717, 1.165) is 0 Å². The third-order valence-electron chi connectivity index (χ3n) is 2.35. The largest absolute Gasteiger partial charge is 0.530 e. The lowest BCUT2D eigenvalue weighted by molar-refractivity contribution is -0.627. The Kier molecular flexibility index (Phi) is 18.3. The van der Waals surface area contributed by atoms with Crippen molar-refractivity contribution in [2.24, 2.45) is 5.73 Å². The van der Waals surface area contributed by atoms with E-state index in [1.165, 1.54) is 57.9 Å². The summed E-state index contributed by atoms with van der Waals surface area (Å²) in [6.45, 7) is 3.59. The number of quaternary nitrogens is 1. The molecule has 0 rings (SSSR count). The molecule has 0 aliphatic carbocycles. The average molecular weight is 232 g/mol. The number of hydrogen-bond acceptors (Lipinski definition) is 2. The molecule has 16 heavy (non-hydrogen) atoms. The van der Waals surface area contributed by atoms with Crippen molar-refractivity contribution in [1.82, 2.24) is 0 Å². The van der Waals surface area contributed by atoms with Gasteiger partial charge in [-0.3, -0.25) is 0 Å². The Bertz CT molecular complexity index is 127. The summed E-state index contributed by atoms with van der Waals surface area (Å²) in [6, 6.07) is 0. The third kappa shape index (κ3) is 29.2. The SMILES string of the molecule is CCCCCCCCCC[NH2+]C.NC(=O)[O-]. The van der Waals surface area contributed by atoms with E-state index in [9.17, 15) is 0 Å². The van der Waals surface area contributed by atoms with Crippen LogP contribution in [0.4, 0.5) is 4.79 Å². The maximum absolute atomic E-state index is 8.67.